The first-order valence-electron chi connectivity index (χ1n) is 13.9. The molecule has 3 rings (SSSR count). The van der Waals surface area contributed by atoms with Crippen LogP contribution in [0.25, 0.3) is 6.08 Å². The summed E-state index contributed by atoms with van der Waals surface area (Å²) in [4.78, 5) is 0. The third-order valence-electron chi connectivity index (χ3n) is 6.10. The molecule has 0 bridgehead atoms. The number of fused-ring (bicyclic) bond motifs is 1. The molecule has 1 atom stereocenters. The molecule has 1 heterocycles. The zero-order valence-corrected chi connectivity index (χ0v) is 22.6. The predicted molar refractivity (Wildman–Crippen MR) is 147 cm³/mol. The molecule has 1 unspecified atom stereocenters. The second-order valence-electron chi connectivity index (χ2n) is 9.25. The Balaban J connectivity index is 1.83. The van der Waals surface area contributed by atoms with Crippen molar-refractivity contribution in [2.75, 3.05) is 26.4 Å². The second-order valence-corrected chi connectivity index (χ2v) is 9.25. The van der Waals surface area contributed by atoms with Gasteiger partial charge >= 0.3 is 0 Å². The number of hydrogen-bond donors (Lipinski definition) is 0. The molecule has 5 heteroatoms. The summed E-state index contributed by atoms with van der Waals surface area (Å²) < 4.78 is 30.8. The van der Waals surface area contributed by atoms with E-state index in [-0.39, 0.29) is 6.10 Å². The van der Waals surface area contributed by atoms with E-state index < -0.39 is 0 Å². The molecule has 0 saturated carbocycles. The Hall–Kier alpha value is -2.82. The van der Waals surface area contributed by atoms with Crippen LogP contribution in [0.2, 0.25) is 0 Å². The Morgan fingerprint density at radius 3 is 1.86 bits per heavy atom. The van der Waals surface area contributed by atoms with Crippen LogP contribution < -0.4 is 23.7 Å². The van der Waals surface area contributed by atoms with Crippen LogP contribution in [0.15, 0.2) is 36.4 Å². The summed E-state index contributed by atoms with van der Waals surface area (Å²) in [5.74, 6) is 3.94. The molecule has 36 heavy (non-hydrogen) atoms. The zero-order chi connectivity index (χ0) is 25.6. The van der Waals surface area contributed by atoms with E-state index in [1.165, 1.54) is 0 Å². The number of benzene rings is 2. The van der Waals surface area contributed by atoms with Crippen LogP contribution in [0.3, 0.4) is 0 Å². The van der Waals surface area contributed by atoms with E-state index in [1.807, 2.05) is 18.2 Å². The van der Waals surface area contributed by atoms with Gasteiger partial charge in [-0.25, -0.2) is 0 Å². The molecule has 0 aliphatic carbocycles. The van der Waals surface area contributed by atoms with Crippen LogP contribution in [0.1, 0.15) is 96.3 Å². The fraction of sp³-hybridized carbons (Fsp3) is 0.548. The zero-order valence-electron chi connectivity index (χ0n) is 22.6. The average Bonchev–Trinajstić information content (AvgIpc) is 2.89. The average molecular weight is 497 g/mol. The van der Waals surface area contributed by atoms with Crippen LogP contribution in [0.4, 0.5) is 0 Å². The van der Waals surface area contributed by atoms with Crippen molar-refractivity contribution >= 4 is 6.08 Å². The molecule has 0 radical (unpaired) electrons. The Bertz CT molecular complexity index is 952. The van der Waals surface area contributed by atoms with Gasteiger partial charge in [-0.3, -0.25) is 0 Å². The molecule has 2 aromatic carbocycles. The van der Waals surface area contributed by atoms with Gasteiger partial charge in [-0.05, 0) is 50.0 Å². The maximum atomic E-state index is 6.49. The van der Waals surface area contributed by atoms with Crippen LogP contribution in [0, 0.1) is 0 Å². The van der Waals surface area contributed by atoms with Gasteiger partial charge in [-0.1, -0.05) is 59.4 Å². The number of rotatable bonds is 17. The van der Waals surface area contributed by atoms with Crippen LogP contribution in [-0.4, -0.2) is 26.4 Å². The van der Waals surface area contributed by atoms with Crippen molar-refractivity contribution in [3.8, 4) is 28.7 Å². The van der Waals surface area contributed by atoms with Crippen LogP contribution >= 0.6 is 0 Å². The summed E-state index contributed by atoms with van der Waals surface area (Å²) in [6.07, 6.45) is 12.4. The van der Waals surface area contributed by atoms with Crippen molar-refractivity contribution in [2.45, 2.75) is 85.2 Å². The van der Waals surface area contributed by atoms with Crippen molar-refractivity contribution in [2.24, 2.45) is 0 Å². The molecule has 5 nitrogen and oxygen atoms in total. The first kappa shape index (κ1) is 27.8. The van der Waals surface area contributed by atoms with Crippen molar-refractivity contribution in [1.82, 2.24) is 0 Å². The highest BCUT2D eigenvalue weighted by Gasteiger charge is 2.22. The fourth-order valence-corrected chi connectivity index (χ4v) is 3.83. The number of unbranched alkanes of at least 4 members (excludes halogenated alkanes) is 4. The van der Waals surface area contributed by atoms with Gasteiger partial charge in [0.25, 0.3) is 0 Å². The highest BCUT2D eigenvalue weighted by molar-refractivity contribution is 5.69. The first-order chi connectivity index (χ1) is 17.7. The number of hydrogen-bond acceptors (Lipinski definition) is 5. The third-order valence-corrected chi connectivity index (χ3v) is 6.10. The lowest BCUT2D eigenvalue weighted by Gasteiger charge is -2.25. The van der Waals surface area contributed by atoms with E-state index in [9.17, 15) is 0 Å². The van der Waals surface area contributed by atoms with E-state index in [0.717, 1.165) is 91.2 Å². The number of ether oxygens (including phenoxy) is 5. The summed E-state index contributed by atoms with van der Waals surface area (Å²) in [6, 6.07) is 10.1. The Morgan fingerprint density at radius 2 is 1.22 bits per heavy atom. The topological polar surface area (TPSA) is 46.2 Å². The minimum absolute atomic E-state index is 0.231. The van der Waals surface area contributed by atoms with Gasteiger partial charge in [0.05, 0.1) is 32.0 Å². The molecule has 198 valence electrons. The quantitative estimate of drug-likeness (QED) is 0.205. The Morgan fingerprint density at radius 1 is 0.639 bits per heavy atom. The van der Waals surface area contributed by atoms with Gasteiger partial charge in [-0.2, -0.15) is 0 Å². The molecule has 0 spiro atoms. The molecule has 0 fully saturated rings. The standard InChI is InChI=1S/C31H44O5/c1-5-9-17-32-25-22-29(34-19-11-7-3)26-14-16-27(36-30(26)23-25)24-13-15-28(33-18-10-6-2)31(21-24)35-20-12-8-4/h13-16,21-23,27H,5-12,17-20H2,1-4H3. The fourth-order valence-electron chi connectivity index (χ4n) is 3.83. The molecular weight excluding hydrogens is 452 g/mol. The normalized spacial score (nSPS) is 14.2. The monoisotopic (exact) mass is 496 g/mol. The molecular formula is C31H44O5. The molecule has 0 N–H and O–H groups in total. The van der Waals surface area contributed by atoms with Crippen molar-refractivity contribution < 1.29 is 23.7 Å². The molecule has 0 amide bonds. The largest absolute Gasteiger partial charge is 0.493 e. The molecule has 0 aromatic heterocycles. The molecule has 1 aliphatic heterocycles. The third kappa shape index (κ3) is 8.11. The lowest BCUT2D eigenvalue weighted by atomic mass is 10.0. The lowest BCUT2D eigenvalue weighted by molar-refractivity contribution is 0.239. The minimum atomic E-state index is -0.231. The van der Waals surface area contributed by atoms with E-state index in [1.54, 1.807) is 0 Å². The molecule has 0 saturated heterocycles. The summed E-state index contributed by atoms with van der Waals surface area (Å²) >= 11 is 0. The Labute approximate surface area is 217 Å². The lowest BCUT2D eigenvalue weighted by Crippen LogP contribution is -2.11. The maximum Gasteiger partial charge on any atom is 0.161 e. The summed E-state index contributed by atoms with van der Waals surface area (Å²) in [5, 5.41) is 0. The van der Waals surface area contributed by atoms with Gasteiger partial charge < -0.3 is 23.7 Å². The van der Waals surface area contributed by atoms with Crippen molar-refractivity contribution in [3.63, 3.8) is 0 Å². The predicted octanol–water partition coefficient (Wildman–Crippen LogP) is 8.55. The minimum Gasteiger partial charge on any atom is -0.493 e. The van der Waals surface area contributed by atoms with E-state index in [2.05, 4.69) is 52.0 Å². The van der Waals surface area contributed by atoms with Crippen molar-refractivity contribution in [1.29, 1.82) is 0 Å². The van der Waals surface area contributed by atoms with Gasteiger partial charge in [0, 0.05) is 17.7 Å². The molecule has 1 aliphatic rings. The van der Waals surface area contributed by atoms with Gasteiger partial charge in [-0.15, -0.1) is 0 Å². The van der Waals surface area contributed by atoms with Crippen LogP contribution in [0.5, 0.6) is 28.7 Å². The first-order valence-corrected chi connectivity index (χ1v) is 13.9. The van der Waals surface area contributed by atoms with E-state index in [0.29, 0.717) is 26.4 Å². The highest BCUT2D eigenvalue weighted by Crippen LogP contribution is 2.42. The van der Waals surface area contributed by atoms with Gasteiger partial charge in [0.15, 0.2) is 11.5 Å². The summed E-state index contributed by atoms with van der Waals surface area (Å²) in [5.41, 5.74) is 1.99. The summed E-state index contributed by atoms with van der Waals surface area (Å²) in [6.45, 7) is 11.4. The van der Waals surface area contributed by atoms with Crippen molar-refractivity contribution in [3.05, 3.63) is 47.5 Å². The SMILES string of the molecule is CCCCOc1cc(OCCCC)c2c(c1)OC(c1ccc(OCCCC)c(OCCCC)c1)C=C2. The van der Waals surface area contributed by atoms with E-state index >= 15 is 0 Å². The Kier molecular flexibility index (Phi) is 11.8. The van der Waals surface area contributed by atoms with Gasteiger partial charge in [0.2, 0.25) is 0 Å². The smallest absolute Gasteiger partial charge is 0.161 e. The molecule has 2 aromatic rings. The van der Waals surface area contributed by atoms with Gasteiger partial charge in [0.1, 0.15) is 23.4 Å². The van der Waals surface area contributed by atoms with Crippen LogP contribution in [-0.2, 0) is 0 Å². The highest BCUT2D eigenvalue weighted by atomic mass is 16.5. The van der Waals surface area contributed by atoms with E-state index in [4.69, 9.17) is 23.7 Å². The maximum absolute atomic E-state index is 6.49. The second kappa shape index (κ2) is 15.3. The summed E-state index contributed by atoms with van der Waals surface area (Å²) in [7, 11) is 0.